The molecule has 0 N–H and O–H groups in total. The highest BCUT2D eigenvalue weighted by Crippen LogP contribution is 2.23. The SMILES string of the molecule is CCOC(=O)[C@H]1CCCN(C(=O)CN(C)c2ccncc2Cl)C1. The standard InChI is InChI=1S/C16H22ClN3O3/c1-3-23-16(22)12-5-4-8-20(10-12)15(21)11-19(2)14-6-7-18-9-13(14)17/h6-7,9,12H,3-5,8,10-11H2,1-2H3/t12-/m0/s1. The first kappa shape index (κ1) is 17.5. The lowest BCUT2D eigenvalue weighted by molar-refractivity contribution is -0.151. The molecule has 1 aromatic heterocycles. The van der Waals surface area contributed by atoms with E-state index < -0.39 is 0 Å². The fourth-order valence-electron chi connectivity index (χ4n) is 2.72. The maximum absolute atomic E-state index is 12.5. The van der Waals surface area contributed by atoms with Crippen LogP contribution in [0.2, 0.25) is 5.02 Å². The van der Waals surface area contributed by atoms with Crippen LogP contribution in [0.1, 0.15) is 19.8 Å². The Balaban J connectivity index is 1.95. The summed E-state index contributed by atoms with van der Waals surface area (Å²) in [5.74, 6) is -0.452. The molecule has 1 saturated heterocycles. The number of likely N-dealkylation sites (N-methyl/N-ethyl adjacent to an activating group) is 1. The second-order valence-corrected chi connectivity index (χ2v) is 6.02. The van der Waals surface area contributed by atoms with Gasteiger partial charge in [-0.05, 0) is 25.8 Å². The smallest absolute Gasteiger partial charge is 0.310 e. The van der Waals surface area contributed by atoms with Crippen molar-refractivity contribution in [3.8, 4) is 0 Å². The molecule has 6 nitrogen and oxygen atoms in total. The zero-order valence-corrected chi connectivity index (χ0v) is 14.3. The number of carbonyl (C=O) groups is 2. The van der Waals surface area contributed by atoms with E-state index in [4.69, 9.17) is 16.3 Å². The molecule has 0 aromatic carbocycles. The number of ether oxygens (including phenoxy) is 1. The van der Waals surface area contributed by atoms with Crippen LogP contribution >= 0.6 is 11.6 Å². The zero-order valence-electron chi connectivity index (χ0n) is 13.5. The van der Waals surface area contributed by atoms with Crippen LogP contribution in [-0.4, -0.2) is 55.0 Å². The van der Waals surface area contributed by atoms with E-state index in [1.165, 1.54) is 0 Å². The predicted octanol–water partition coefficient (Wildman–Crippen LogP) is 1.97. The van der Waals surface area contributed by atoms with Crippen LogP contribution in [0.4, 0.5) is 5.69 Å². The third-order valence-corrected chi connectivity index (χ3v) is 4.22. The first-order chi connectivity index (χ1) is 11.0. The predicted molar refractivity (Wildman–Crippen MR) is 88.5 cm³/mol. The van der Waals surface area contributed by atoms with Gasteiger partial charge in [-0.2, -0.15) is 0 Å². The number of halogens is 1. The van der Waals surface area contributed by atoms with E-state index in [2.05, 4.69) is 4.98 Å². The Morgan fingerprint density at radius 1 is 1.52 bits per heavy atom. The molecule has 0 spiro atoms. The molecule has 7 heteroatoms. The second-order valence-electron chi connectivity index (χ2n) is 5.61. The van der Waals surface area contributed by atoms with Crippen LogP contribution in [0.25, 0.3) is 0 Å². The summed E-state index contributed by atoms with van der Waals surface area (Å²) < 4.78 is 5.06. The van der Waals surface area contributed by atoms with Gasteiger partial charge in [0.2, 0.25) is 5.91 Å². The zero-order chi connectivity index (χ0) is 16.8. The van der Waals surface area contributed by atoms with Gasteiger partial charge in [0.05, 0.1) is 29.8 Å². The number of rotatable bonds is 5. The Morgan fingerprint density at radius 3 is 3.00 bits per heavy atom. The van der Waals surface area contributed by atoms with E-state index in [-0.39, 0.29) is 24.3 Å². The summed E-state index contributed by atoms with van der Waals surface area (Å²) in [6, 6.07) is 1.77. The number of esters is 1. The van der Waals surface area contributed by atoms with Gasteiger partial charge in [0, 0.05) is 32.5 Å². The third kappa shape index (κ3) is 4.58. The summed E-state index contributed by atoms with van der Waals surface area (Å²) in [7, 11) is 1.81. The molecule has 1 aliphatic heterocycles. The van der Waals surface area contributed by atoms with Crippen molar-refractivity contribution >= 4 is 29.2 Å². The molecule has 0 radical (unpaired) electrons. The molecule has 2 heterocycles. The molecular formula is C16H22ClN3O3. The van der Waals surface area contributed by atoms with Crippen molar-refractivity contribution in [2.45, 2.75) is 19.8 Å². The van der Waals surface area contributed by atoms with Gasteiger partial charge in [0.15, 0.2) is 0 Å². The Bertz CT molecular complexity index is 567. The molecule has 0 bridgehead atoms. The lowest BCUT2D eigenvalue weighted by Crippen LogP contribution is -2.46. The summed E-state index contributed by atoms with van der Waals surface area (Å²) in [6.45, 7) is 3.46. The molecule has 0 unspecified atom stereocenters. The van der Waals surface area contributed by atoms with E-state index in [0.717, 1.165) is 18.5 Å². The highest BCUT2D eigenvalue weighted by molar-refractivity contribution is 6.33. The number of carbonyl (C=O) groups excluding carboxylic acids is 2. The quantitative estimate of drug-likeness (QED) is 0.767. The number of hydrogen-bond donors (Lipinski definition) is 0. The highest BCUT2D eigenvalue weighted by Gasteiger charge is 2.29. The van der Waals surface area contributed by atoms with Crippen LogP contribution in [0.3, 0.4) is 0 Å². The van der Waals surface area contributed by atoms with E-state index in [1.807, 2.05) is 7.05 Å². The first-order valence-electron chi connectivity index (χ1n) is 7.78. The van der Waals surface area contributed by atoms with Crippen molar-refractivity contribution in [1.82, 2.24) is 9.88 Å². The van der Waals surface area contributed by atoms with Gasteiger partial charge in [0.1, 0.15) is 0 Å². The number of piperidine rings is 1. The molecule has 2 rings (SSSR count). The van der Waals surface area contributed by atoms with Crippen LogP contribution in [0.15, 0.2) is 18.5 Å². The largest absolute Gasteiger partial charge is 0.466 e. The van der Waals surface area contributed by atoms with Crippen molar-refractivity contribution < 1.29 is 14.3 Å². The summed E-state index contributed by atoms with van der Waals surface area (Å²) in [5.41, 5.74) is 0.758. The maximum Gasteiger partial charge on any atom is 0.310 e. The van der Waals surface area contributed by atoms with Gasteiger partial charge < -0.3 is 14.5 Å². The Labute approximate surface area is 141 Å². The number of nitrogens with zero attached hydrogens (tertiary/aromatic N) is 3. The second kappa shape index (κ2) is 8.15. The van der Waals surface area contributed by atoms with Gasteiger partial charge in [-0.1, -0.05) is 11.6 Å². The van der Waals surface area contributed by atoms with Gasteiger partial charge >= 0.3 is 5.97 Å². The van der Waals surface area contributed by atoms with E-state index >= 15 is 0 Å². The topological polar surface area (TPSA) is 62.7 Å². The van der Waals surface area contributed by atoms with Crippen molar-refractivity contribution in [2.75, 3.05) is 38.2 Å². The average molecular weight is 340 g/mol. The minimum atomic E-state index is -0.220. The first-order valence-corrected chi connectivity index (χ1v) is 8.15. The van der Waals surface area contributed by atoms with Crippen molar-refractivity contribution in [1.29, 1.82) is 0 Å². The third-order valence-electron chi connectivity index (χ3n) is 3.93. The Hall–Kier alpha value is -1.82. The monoisotopic (exact) mass is 339 g/mol. The minimum absolute atomic E-state index is 0.0191. The number of pyridine rings is 1. The maximum atomic E-state index is 12.5. The van der Waals surface area contributed by atoms with Crippen LogP contribution in [-0.2, 0) is 14.3 Å². The molecule has 0 aliphatic carbocycles. The number of amides is 1. The molecule has 1 fully saturated rings. The van der Waals surface area contributed by atoms with Gasteiger partial charge in [-0.25, -0.2) is 0 Å². The molecule has 1 atom stereocenters. The Kier molecular flexibility index (Phi) is 6.21. The molecule has 1 amide bonds. The number of hydrogen-bond acceptors (Lipinski definition) is 5. The van der Waals surface area contributed by atoms with Crippen LogP contribution < -0.4 is 4.90 Å². The average Bonchev–Trinajstić information content (AvgIpc) is 2.55. The highest BCUT2D eigenvalue weighted by atomic mass is 35.5. The number of aromatic nitrogens is 1. The number of anilines is 1. The van der Waals surface area contributed by atoms with Crippen molar-refractivity contribution in [3.63, 3.8) is 0 Å². The van der Waals surface area contributed by atoms with E-state index in [0.29, 0.717) is 24.7 Å². The molecule has 126 valence electrons. The van der Waals surface area contributed by atoms with Crippen molar-refractivity contribution in [2.24, 2.45) is 5.92 Å². The summed E-state index contributed by atoms with van der Waals surface area (Å²) in [6.07, 6.45) is 4.78. The van der Waals surface area contributed by atoms with Gasteiger partial charge in [0.25, 0.3) is 0 Å². The number of likely N-dealkylation sites (tertiary alicyclic amines) is 1. The Morgan fingerprint density at radius 2 is 2.30 bits per heavy atom. The molecule has 0 saturated carbocycles. The summed E-state index contributed by atoms with van der Waals surface area (Å²) >= 11 is 6.10. The van der Waals surface area contributed by atoms with Crippen LogP contribution in [0, 0.1) is 5.92 Å². The van der Waals surface area contributed by atoms with Crippen LogP contribution in [0.5, 0.6) is 0 Å². The minimum Gasteiger partial charge on any atom is -0.466 e. The molecule has 1 aliphatic rings. The summed E-state index contributed by atoms with van der Waals surface area (Å²) in [4.78, 5) is 31.8. The fourth-order valence-corrected chi connectivity index (χ4v) is 2.99. The fraction of sp³-hybridized carbons (Fsp3) is 0.562. The molecule has 1 aromatic rings. The lowest BCUT2D eigenvalue weighted by Gasteiger charge is -2.33. The van der Waals surface area contributed by atoms with Gasteiger partial charge in [-0.15, -0.1) is 0 Å². The summed E-state index contributed by atoms with van der Waals surface area (Å²) in [5, 5.41) is 0.505. The van der Waals surface area contributed by atoms with E-state index in [9.17, 15) is 9.59 Å². The molecule has 23 heavy (non-hydrogen) atoms. The van der Waals surface area contributed by atoms with Gasteiger partial charge in [-0.3, -0.25) is 14.6 Å². The molecular weight excluding hydrogens is 318 g/mol. The lowest BCUT2D eigenvalue weighted by atomic mass is 9.98. The van der Waals surface area contributed by atoms with E-state index in [1.54, 1.807) is 35.2 Å². The normalized spacial score (nSPS) is 17.7. The van der Waals surface area contributed by atoms with Crippen molar-refractivity contribution in [3.05, 3.63) is 23.5 Å².